The lowest BCUT2D eigenvalue weighted by Crippen LogP contribution is -1.98. The number of aromatic nitrogens is 1. The van der Waals surface area contributed by atoms with Crippen LogP contribution in [-0.4, -0.2) is 4.98 Å². The highest BCUT2D eigenvalue weighted by Gasteiger charge is 2.17. The van der Waals surface area contributed by atoms with E-state index in [2.05, 4.69) is 20.9 Å². The average molecular weight is 284 g/mol. The van der Waals surface area contributed by atoms with Crippen LogP contribution < -0.4 is 0 Å². The van der Waals surface area contributed by atoms with Gasteiger partial charge in [0.15, 0.2) is 15.4 Å². The van der Waals surface area contributed by atoms with E-state index >= 15 is 0 Å². The van der Waals surface area contributed by atoms with Gasteiger partial charge in [-0.1, -0.05) is 0 Å². The van der Waals surface area contributed by atoms with E-state index in [1.807, 2.05) is 12.1 Å². The molecule has 0 N–H and O–H groups in total. The van der Waals surface area contributed by atoms with Crippen LogP contribution in [0.15, 0.2) is 21.2 Å². The van der Waals surface area contributed by atoms with Crippen molar-refractivity contribution in [3.8, 4) is 10.8 Å². The summed E-state index contributed by atoms with van der Waals surface area (Å²) in [5.41, 5.74) is 1.29. The van der Waals surface area contributed by atoms with Gasteiger partial charge in [0, 0.05) is 4.88 Å². The van der Waals surface area contributed by atoms with Crippen LogP contribution in [0.25, 0.3) is 10.8 Å². The van der Waals surface area contributed by atoms with Crippen LogP contribution >= 0.6 is 27.3 Å². The van der Waals surface area contributed by atoms with E-state index in [1.54, 1.807) is 11.3 Å². The maximum Gasteiger partial charge on any atom is 0.170 e. The Labute approximate surface area is 100 Å². The van der Waals surface area contributed by atoms with E-state index in [9.17, 15) is 0 Å². The number of hydrogen-bond donors (Lipinski definition) is 0. The molecular formula is C11H10BrNOS. The normalized spacial score (nSPS) is 15.3. The molecule has 0 spiro atoms. The first-order valence-electron chi connectivity index (χ1n) is 5.07. The van der Waals surface area contributed by atoms with Crippen molar-refractivity contribution in [3.63, 3.8) is 0 Å². The van der Waals surface area contributed by atoms with E-state index in [-0.39, 0.29) is 0 Å². The molecule has 1 aliphatic carbocycles. The maximum absolute atomic E-state index is 5.51. The number of furan rings is 1. The van der Waals surface area contributed by atoms with Gasteiger partial charge in [-0.3, -0.25) is 0 Å². The van der Waals surface area contributed by atoms with Gasteiger partial charge in [-0.15, -0.1) is 11.3 Å². The third kappa shape index (κ3) is 1.76. The number of hydrogen-bond acceptors (Lipinski definition) is 3. The zero-order valence-electron chi connectivity index (χ0n) is 8.12. The first-order chi connectivity index (χ1) is 7.33. The number of aryl methyl sites for hydroxylation is 2. The highest BCUT2D eigenvalue weighted by molar-refractivity contribution is 9.10. The Balaban J connectivity index is 2.02. The predicted octanol–water partition coefficient (Wildman–Crippen LogP) is 4.04. The minimum Gasteiger partial charge on any atom is -0.447 e. The van der Waals surface area contributed by atoms with Gasteiger partial charge in [-0.2, -0.15) is 0 Å². The van der Waals surface area contributed by atoms with E-state index in [1.165, 1.54) is 29.8 Å². The summed E-state index contributed by atoms with van der Waals surface area (Å²) in [4.78, 5) is 6.09. The Kier molecular flexibility index (Phi) is 2.41. The van der Waals surface area contributed by atoms with Crippen molar-refractivity contribution < 1.29 is 4.42 Å². The molecule has 0 unspecified atom stereocenters. The molecule has 2 nitrogen and oxygen atoms in total. The molecule has 2 heterocycles. The van der Waals surface area contributed by atoms with Crippen molar-refractivity contribution in [2.24, 2.45) is 0 Å². The summed E-state index contributed by atoms with van der Waals surface area (Å²) in [5, 5.41) is 1.02. The summed E-state index contributed by atoms with van der Waals surface area (Å²) >= 11 is 5.09. The molecule has 2 aromatic rings. The lowest BCUT2D eigenvalue weighted by atomic mass is 10.0. The van der Waals surface area contributed by atoms with Crippen LogP contribution in [0.1, 0.15) is 23.4 Å². The number of rotatable bonds is 1. The monoisotopic (exact) mass is 283 g/mol. The summed E-state index contributed by atoms with van der Waals surface area (Å²) in [5.74, 6) is 0.876. The van der Waals surface area contributed by atoms with Gasteiger partial charge in [0.05, 0.1) is 5.69 Å². The fraction of sp³-hybridized carbons (Fsp3) is 0.364. The van der Waals surface area contributed by atoms with Crippen molar-refractivity contribution >= 4 is 27.3 Å². The molecule has 0 saturated carbocycles. The fourth-order valence-electron chi connectivity index (χ4n) is 1.89. The van der Waals surface area contributed by atoms with Gasteiger partial charge >= 0.3 is 0 Å². The summed E-state index contributed by atoms with van der Waals surface area (Å²) in [6.07, 6.45) is 4.90. The molecule has 0 radical (unpaired) electrons. The Hall–Kier alpha value is -0.610. The minimum atomic E-state index is 0.769. The molecule has 1 aliphatic rings. The Morgan fingerprint density at radius 2 is 2.13 bits per heavy atom. The summed E-state index contributed by atoms with van der Waals surface area (Å²) in [6, 6.07) is 3.88. The van der Waals surface area contributed by atoms with Gasteiger partial charge in [-0.25, -0.2) is 4.98 Å². The molecule has 0 amide bonds. The lowest BCUT2D eigenvalue weighted by molar-refractivity contribution is 0.555. The Morgan fingerprint density at radius 1 is 1.27 bits per heavy atom. The van der Waals surface area contributed by atoms with Crippen molar-refractivity contribution in [1.29, 1.82) is 0 Å². The van der Waals surface area contributed by atoms with Gasteiger partial charge < -0.3 is 4.42 Å². The number of halogens is 1. The molecule has 15 heavy (non-hydrogen) atoms. The largest absolute Gasteiger partial charge is 0.447 e. The van der Waals surface area contributed by atoms with Crippen molar-refractivity contribution in [2.75, 3.05) is 0 Å². The molecule has 78 valence electrons. The lowest BCUT2D eigenvalue weighted by Gasteiger charge is -2.06. The predicted molar refractivity (Wildman–Crippen MR) is 64.2 cm³/mol. The Bertz CT molecular complexity index is 465. The van der Waals surface area contributed by atoms with E-state index in [0.29, 0.717) is 0 Å². The summed E-state index contributed by atoms with van der Waals surface area (Å²) in [6.45, 7) is 0. The molecule has 0 saturated heterocycles. The molecule has 0 atom stereocenters. The van der Waals surface area contributed by atoms with Crippen LogP contribution in [0.5, 0.6) is 0 Å². The molecule has 2 aromatic heterocycles. The SMILES string of the molecule is Brc1ccc(-c2nc3c(s2)CCCC3)o1. The highest BCUT2D eigenvalue weighted by Crippen LogP contribution is 2.34. The van der Waals surface area contributed by atoms with Crippen LogP contribution in [-0.2, 0) is 12.8 Å². The van der Waals surface area contributed by atoms with Crippen molar-refractivity contribution in [1.82, 2.24) is 4.98 Å². The molecule has 0 aromatic carbocycles. The fourth-order valence-corrected chi connectivity index (χ4v) is 3.30. The van der Waals surface area contributed by atoms with E-state index in [0.717, 1.165) is 21.9 Å². The highest BCUT2D eigenvalue weighted by atomic mass is 79.9. The van der Waals surface area contributed by atoms with Gasteiger partial charge in [0.1, 0.15) is 0 Å². The van der Waals surface area contributed by atoms with Crippen LogP contribution in [0, 0.1) is 0 Å². The van der Waals surface area contributed by atoms with Gasteiger partial charge in [0.25, 0.3) is 0 Å². The minimum absolute atomic E-state index is 0.769. The quantitative estimate of drug-likeness (QED) is 0.789. The second-order valence-corrected chi connectivity index (χ2v) is 5.56. The second-order valence-electron chi connectivity index (χ2n) is 3.70. The summed E-state index contributed by atoms with van der Waals surface area (Å²) in [7, 11) is 0. The topological polar surface area (TPSA) is 26.0 Å². The number of thiazole rings is 1. The van der Waals surface area contributed by atoms with Gasteiger partial charge in [0.2, 0.25) is 0 Å². The molecular weight excluding hydrogens is 274 g/mol. The van der Waals surface area contributed by atoms with E-state index < -0.39 is 0 Å². The first-order valence-corrected chi connectivity index (χ1v) is 6.68. The second kappa shape index (κ2) is 3.76. The van der Waals surface area contributed by atoms with E-state index in [4.69, 9.17) is 4.42 Å². The Morgan fingerprint density at radius 3 is 2.87 bits per heavy atom. The van der Waals surface area contributed by atoms with Gasteiger partial charge in [-0.05, 0) is 53.7 Å². The van der Waals surface area contributed by atoms with Crippen molar-refractivity contribution in [3.05, 3.63) is 27.4 Å². The zero-order valence-corrected chi connectivity index (χ0v) is 10.5. The molecule has 4 heteroatoms. The smallest absolute Gasteiger partial charge is 0.170 e. The third-order valence-corrected chi connectivity index (χ3v) is 4.23. The molecule has 0 aliphatic heterocycles. The van der Waals surface area contributed by atoms with Crippen LogP contribution in [0.4, 0.5) is 0 Å². The summed E-state index contributed by atoms with van der Waals surface area (Å²) < 4.78 is 6.28. The van der Waals surface area contributed by atoms with Crippen LogP contribution in [0.2, 0.25) is 0 Å². The third-order valence-electron chi connectivity index (χ3n) is 2.63. The zero-order chi connectivity index (χ0) is 10.3. The standard InChI is InChI=1S/C11H10BrNOS/c12-10-6-5-8(14-10)11-13-7-3-1-2-4-9(7)15-11/h5-6H,1-4H2. The average Bonchev–Trinajstić information content (AvgIpc) is 2.82. The maximum atomic E-state index is 5.51. The molecule has 0 bridgehead atoms. The first kappa shape index (κ1) is 9.60. The van der Waals surface area contributed by atoms with Crippen LogP contribution in [0.3, 0.4) is 0 Å². The number of fused-ring (bicyclic) bond motifs is 1. The number of nitrogens with zero attached hydrogens (tertiary/aromatic N) is 1. The molecule has 0 fully saturated rings. The van der Waals surface area contributed by atoms with Crippen molar-refractivity contribution in [2.45, 2.75) is 25.7 Å². The molecule has 3 rings (SSSR count).